The van der Waals surface area contributed by atoms with E-state index in [4.69, 9.17) is 10.8 Å². The lowest BCUT2D eigenvalue weighted by Gasteiger charge is -1.96. The number of aliphatic hydroxyl groups excluding tert-OH is 1. The van der Waals surface area contributed by atoms with E-state index in [1.807, 2.05) is 12.2 Å². The topological polar surface area (TPSA) is 63.3 Å². The molecular weight excluding hydrogens is 154 g/mol. The molecule has 0 aliphatic carbocycles. The van der Waals surface area contributed by atoms with Gasteiger partial charge in [0.2, 0.25) is 5.91 Å². The van der Waals surface area contributed by atoms with Crippen molar-refractivity contribution in [3.05, 3.63) is 12.2 Å². The molecule has 0 bridgehead atoms. The fraction of sp³-hybridized carbons (Fsp3) is 0.667. The largest absolute Gasteiger partial charge is 0.393 e. The van der Waals surface area contributed by atoms with Crippen molar-refractivity contribution in [2.75, 3.05) is 0 Å². The molecule has 70 valence electrons. The quantitative estimate of drug-likeness (QED) is 0.462. The van der Waals surface area contributed by atoms with Crippen LogP contribution in [0.4, 0.5) is 0 Å². The molecular formula is C9H17NO2. The number of allylic oxidation sites excluding steroid dienone is 1. The first-order valence-corrected chi connectivity index (χ1v) is 4.24. The SMILES string of the molecule is CC(O)C/C=C/CCCC(N)=O. The van der Waals surface area contributed by atoms with Crippen LogP contribution >= 0.6 is 0 Å². The zero-order valence-electron chi connectivity index (χ0n) is 7.49. The van der Waals surface area contributed by atoms with Gasteiger partial charge in [0.15, 0.2) is 0 Å². The van der Waals surface area contributed by atoms with Crippen molar-refractivity contribution in [1.82, 2.24) is 0 Å². The third-order valence-electron chi connectivity index (χ3n) is 1.44. The van der Waals surface area contributed by atoms with Crippen LogP contribution in [0.3, 0.4) is 0 Å². The Hall–Kier alpha value is -0.830. The number of carbonyl (C=O) groups is 1. The number of hydrogen-bond donors (Lipinski definition) is 2. The number of hydrogen-bond acceptors (Lipinski definition) is 2. The molecule has 0 aliphatic rings. The monoisotopic (exact) mass is 171 g/mol. The first kappa shape index (κ1) is 11.2. The number of nitrogens with two attached hydrogens (primary N) is 1. The van der Waals surface area contributed by atoms with Crippen molar-refractivity contribution in [3.63, 3.8) is 0 Å². The van der Waals surface area contributed by atoms with Crippen molar-refractivity contribution in [3.8, 4) is 0 Å². The fourth-order valence-electron chi connectivity index (χ4n) is 0.805. The lowest BCUT2D eigenvalue weighted by molar-refractivity contribution is -0.118. The minimum absolute atomic E-state index is 0.251. The second kappa shape index (κ2) is 6.85. The van der Waals surface area contributed by atoms with Crippen LogP contribution in [-0.2, 0) is 4.79 Å². The molecule has 0 spiro atoms. The molecule has 0 rings (SSSR count). The van der Waals surface area contributed by atoms with Crippen LogP contribution in [-0.4, -0.2) is 17.1 Å². The zero-order valence-corrected chi connectivity index (χ0v) is 7.49. The van der Waals surface area contributed by atoms with E-state index in [0.29, 0.717) is 12.8 Å². The summed E-state index contributed by atoms with van der Waals surface area (Å²) in [6, 6.07) is 0. The zero-order chi connectivity index (χ0) is 9.40. The molecule has 3 nitrogen and oxygen atoms in total. The molecule has 0 fully saturated rings. The molecule has 0 radical (unpaired) electrons. The Morgan fingerprint density at radius 2 is 2.25 bits per heavy atom. The first-order valence-electron chi connectivity index (χ1n) is 4.24. The number of aliphatic hydroxyl groups is 1. The predicted octanol–water partition coefficient (Wildman–Crippen LogP) is 0.969. The van der Waals surface area contributed by atoms with Gasteiger partial charge in [0.05, 0.1) is 6.10 Å². The van der Waals surface area contributed by atoms with E-state index in [1.165, 1.54) is 0 Å². The van der Waals surface area contributed by atoms with Crippen LogP contribution in [0.25, 0.3) is 0 Å². The smallest absolute Gasteiger partial charge is 0.217 e. The molecule has 0 aliphatic heterocycles. The van der Waals surface area contributed by atoms with Crippen molar-refractivity contribution in [2.45, 2.75) is 38.7 Å². The maximum absolute atomic E-state index is 10.3. The van der Waals surface area contributed by atoms with Gasteiger partial charge >= 0.3 is 0 Å². The van der Waals surface area contributed by atoms with Gasteiger partial charge in [0.25, 0.3) is 0 Å². The van der Waals surface area contributed by atoms with Crippen LogP contribution in [0.5, 0.6) is 0 Å². The van der Waals surface area contributed by atoms with Crippen LogP contribution in [0.1, 0.15) is 32.6 Å². The highest BCUT2D eigenvalue weighted by Crippen LogP contribution is 1.98. The Balaban J connectivity index is 3.19. The molecule has 3 N–H and O–H groups in total. The van der Waals surface area contributed by atoms with Gasteiger partial charge in [-0.05, 0) is 26.2 Å². The Morgan fingerprint density at radius 1 is 1.58 bits per heavy atom. The average molecular weight is 171 g/mol. The fourth-order valence-corrected chi connectivity index (χ4v) is 0.805. The van der Waals surface area contributed by atoms with Crippen LogP contribution in [0.2, 0.25) is 0 Å². The standard InChI is InChI=1S/C9H17NO2/c1-8(11)6-4-2-3-5-7-9(10)12/h2,4,8,11H,3,5-7H2,1H3,(H2,10,12)/b4-2+. The van der Waals surface area contributed by atoms with Crippen LogP contribution in [0, 0.1) is 0 Å². The highest BCUT2D eigenvalue weighted by molar-refractivity contribution is 5.73. The van der Waals surface area contributed by atoms with Crippen molar-refractivity contribution >= 4 is 5.91 Å². The highest BCUT2D eigenvalue weighted by Gasteiger charge is 1.91. The summed E-state index contributed by atoms with van der Waals surface area (Å²) in [6.45, 7) is 1.74. The van der Waals surface area contributed by atoms with E-state index < -0.39 is 0 Å². The van der Waals surface area contributed by atoms with E-state index in [1.54, 1.807) is 6.92 Å². The van der Waals surface area contributed by atoms with Gasteiger partial charge in [-0.15, -0.1) is 0 Å². The molecule has 1 unspecified atom stereocenters. The van der Waals surface area contributed by atoms with E-state index in [2.05, 4.69) is 0 Å². The summed E-state index contributed by atoms with van der Waals surface area (Å²) < 4.78 is 0. The average Bonchev–Trinajstić information content (AvgIpc) is 1.95. The number of amides is 1. The van der Waals surface area contributed by atoms with Gasteiger partial charge < -0.3 is 10.8 Å². The van der Waals surface area contributed by atoms with Gasteiger partial charge in [-0.3, -0.25) is 4.79 Å². The maximum Gasteiger partial charge on any atom is 0.217 e. The number of rotatable bonds is 6. The molecule has 1 amide bonds. The number of carbonyl (C=O) groups excluding carboxylic acids is 1. The highest BCUT2D eigenvalue weighted by atomic mass is 16.3. The Morgan fingerprint density at radius 3 is 2.75 bits per heavy atom. The van der Waals surface area contributed by atoms with Gasteiger partial charge in [0, 0.05) is 6.42 Å². The molecule has 3 heteroatoms. The summed E-state index contributed by atoms with van der Waals surface area (Å²) in [5.74, 6) is -0.251. The normalized spacial score (nSPS) is 13.5. The van der Waals surface area contributed by atoms with Crippen molar-refractivity contribution in [2.24, 2.45) is 5.73 Å². The van der Waals surface area contributed by atoms with Crippen LogP contribution < -0.4 is 5.73 Å². The second-order valence-electron chi connectivity index (χ2n) is 2.91. The predicted molar refractivity (Wildman–Crippen MR) is 48.5 cm³/mol. The summed E-state index contributed by atoms with van der Waals surface area (Å²) in [7, 11) is 0. The summed E-state index contributed by atoms with van der Waals surface area (Å²) in [6.07, 6.45) is 6.38. The maximum atomic E-state index is 10.3. The van der Waals surface area contributed by atoms with E-state index in [9.17, 15) is 4.79 Å². The minimum Gasteiger partial charge on any atom is -0.393 e. The molecule has 0 aromatic carbocycles. The lowest BCUT2D eigenvalue weighted by atomic mass is 10.2. The van der Waals surface area contributed by atoms with Gasteiger partial charge in [0.1, 0.15) is 0 Å². The van der Waals surface area contributed by atoms with Crippen molar-refractivity contribution in [1.29, 1.82) is 0 Å². The molecule has 12 heavy (non-hydrogen) atoms. The van der Waals surface area contributed by atoms with E-state index >= 15 is 0 Å². The Kier molecular flexibility index (Phi) is 6.38. The molecule has 0 aromatic rings. The first-order chi connectivity index (χ1) is 5.63. The molecule has 0 aromatic heterocycles. The molecule has 0 saturated carbocycles. The lowest BCUT2D eigenvalue weighted by Crippen LogP contribution is -2.09. The molecule has 0 saturated heterocycles. The summed E-state index contributed by atoms with van der Waals surface area (Å²) >= 11 is 0. The summed E-state index contributed by atoms with van der Waals surface area (Å²) in [5, 5.41) is 8.87. The van der Waals surface area contributed by atoms with Crippen molar-refractivity contribution < 1.29 is 9.90 Å². The van der Waals surface area contributed by atoms with E-state index in [0.717, 1.165) is 12.8 Å². The molecule has 0 heterocycles. The summed E-state index contributed by atoms with van der Waals surface area (Å²) in [4.78, 5) is 10.3. The Bertz CT molecular complexity index is 153. The summed E-state index contributed by atoms with van der Waals surface area (Å²) in [5.41, 5.74) is 4.95. The third kappa shape index (κ3) is 9.17. The number of primary amides is 1. The van der Waals surface area contributed by atoms with Gasteiger partial charge in [-0.25, -0.2) is 0 Å². The van der Waals surface area contributed by atoms with Gasteiger partial charge in [-0.2, -0.15) is 0 Å². The Labute approximate surface area is 73.3 Å². The molecule has 1 atom stereocenters. The van der Waals surface area contributed by atoms with Gasteiger partial charge in [-0.1, -0.05) is 12.2 Å². The van der Waals surface area contributed by atoms with E-state index in [-0.39, 0.29) is 12.0 Å². The second-order valence-corrected chi connectivity index (χ2v) is 2.91. The van der Waals surface area contributed by atoms with Crippen LogP contribution in [0.15, 0.2) is 12.2 Å². The number of unbranched alkanes of at least 4 members (excludes halogenated alkanes) is 1. The third-order valence-corrected chi connectivity index (χ3v) is 1.44. The minimum atomic E-state index is -0.280.